The fourth-order valence-electron chi connectivity index (χ4n) is 1.47. The summed E-state index contributed by atoms with van der Waals surface area (Å²) in [5, 5.41) is 9.03. The maximum atomic E-state index is 12.2. The molecule has 2 rings (SSSR count). The van der Waals surface area contributed by atoms with E-state index in [1.165, 1.54) is 24.5 Å². The lowest BCUT2D eigenvalue weighted by Gasteiger charge is -2.10. The maximum Gasteiger partial charge on any atom is 0.261 e. The molecule has 1 aromatic carbocycles. The number of pyridine rings is 1. The van der Waals surface area contributed by atoms with Gasteiger partial charge in [-0.05, 0) is 39.7 Å². The minimum Gasteiger partial charge on any atom is -0.392 e. The van der Waals surface area contributed by atoms with Gasteiger partial charge in [0.15, 0.2) is 0 Å². The minimum absolute atomic E-state index is 0.0998. The molecule has 0 saturated carbocycles. The summed E-state index contributed by atoms with van der Waals surface area (Å²) >= 11 is 3.22. The van der Waals surface area contributed by atoms with Crippen molar-refractivity contribution >= 4 is 31.6 Å². The Morgan fingerprint density at radius 3 is 2.79 bits per heavy atom. The van der Waals surface area contributed by atoms with Crippen molar-refractivity contribution in [3.05, 3.63) is 52.8 Å². The molecule has 1 heterocycles. The molecule has 0 unspecified atom stereocenters. The average molecular weight is 343 g/mol. The second-order valence-electron chi connectivity index (χ2n) is 3.77. The number of hydrogen-bond donors (Lipinski definition) is 2. The van der Waals surface area contributed by atoms with Crippen molar-refractivity contribution in [2.75, 3.05) is 4.72 Å². The van der Waals surface area contributed by atoms with E-state index in [0.717, 1.165) is 0 Å². The quantitative estimate of drug-likeness (QED) is 0.891. The summed E-state index contributed by atoms with van der Waals surface area (Å²) in [4.78, 5) is 3.96. The molecule has 0 radical (unpaired) electrons. The van der Waals surface area contributed by atoms with Gasteiger partial charge in [-0.25, -0.2) is 8.42 Å². The zero-order valence-corrected chi connectivity index (χ0v) is 12.1. The summed E-state index contributed by atoms with van der Waals surface area (Å²) in [7, 11) is -3.69. The Morgan fingerprint density at radius 1 is 1.32 bits per heavy atom. The first kappa shape index (κ1) is 14.0. The van der Waals surface area contributed by atoms with Crippen molar-refractivity contribution in [2.24, 2.45) is 0 Å². The normalized spacial score (nSPS) is 11.3. The van der Waals surface area contributed by atoms with Crippen molar-refractivity contribution in [1.82, 2.24) is 4.98 Å². The molecule has 100 valence electrons. The number of anilines is 1. The molecular formula is C12H11BrN2O3S. The van der Waals surface area contributed by atoms with Crippen LogP contribution in [0.1, 0.15) is 5.56 Å². The van der Waals surface area contributed by atoms with Gasteiger partial charge in [0, 0.05) is 12.4 Å². The van der Waals surface area contributed by atoms with Crippen LogP contribution in [0.25, 0.3) is 0 Å². The third kappa shape index (κ3) is 3.31. The lowest BCUT2D eigenvalue weighted by Crippen LogP contribution is -2.13. The average Bonchev–Trinajstić information content (AvgIpc) is 2.41. The summed E-state index contributed by atoms with van der Waals surface area (Å²) < 4.78 is 27.4. The van der Waals surface area contributed by atoms with E-state index < -0.39 is 10.0 Å². The Balaban J connectivity index is 2.35. The Labute approximate surface area is 119 Å². The third-order valence-electron chi connectivity index (χ3n) is 2.41. The molecule has 2 aromatic rings. The first-order valence-electron chi connectivity index (χ1n) is 5.35. The van der Waals surface area contributed by atoms with Gasteiger partial charge < -0.3 is 5.11 Å². The van der Waals surface area contributed by atoms with Gasteiger partial charge >= 0.3 is 0 Å². The monoisotopic (exact) mass is 342 g/mol. The van der Waals surface area contributed by atoms with Crippen molar-refractivity contribution in [1.29, 1.82) is 0 Å². The highest BCUT2D eigenvalue weighted by molar-refractivity contribution is 9.10. The summed E-state index contributed by atoms with van der Waals surface area (Å²) in [6.07, 6.45) is 2.99. The van der Waals surface area contributed by atoms with E-state index in [2.05, 4.69) is 25.6 Å². The summed E-state index contributed by atoms with van der Waals surface area (Å²) in [6.45, 7) is -0.206. The summed E-state index contributed by atoms with van der Waals surface area (Å²) in [5.74, 6) is 0. The largest absolute Gasteiger partial charge is 0.392 e. The highest BCUT2D eigenvalue weighted by Gasteiger charge is 2.15. The standard InChI is InChI=1S/C12H11BrN2O3S/c13-11-7-14-5-4-12(11)15-19(17,18)10-3-1-2-9(6-10)8-16/h1-7,16H,8H2,(H,14,15). The molecule has 0 amide bonds. The molecule has 0 bridgehead atoms. The van der Waals surface area contributed by atoms with E-state index in [1.807, 2.05) is 0 Å². The van der Waals surface area contributed by atoms with E-state index in [1.54, 1.807) is 18.2 Å². The zero-order chi connectivity index (χ0) is 13.9. The smallest absolute Gasteiger partial charge is 0.261 e. The number of sulfonamides is 1. The molecular weight excluding hydrogens is 332 g/mol. The number of hydrogen-bond acceptors (Lipinski definition) is 4. The van der Waals surface area contributed by atoms with Gasteiger partial charge in [0.25, 0.3) is 10.0 Å². The second-order valence-corrected chi connectivity index (χ2v) is 6.30. The van der Waals surface area contributed by atoms with Crippen LogP contribution in [-0.4, -0.2) is 18.5 Å². The fourth-order valence-corrected chi connectivity index (χ4v) is 3.10. The van der Waals surface area contributed by atoms with Crippen LogP contribution in [-0.2, 0) is 16.6 Å². The van der Waals surface area contributed by atoms with Crippen LogP contribution in [0.3, 0.4) is 0 Å². The molecule has 0 aliphatic carbocycles. The SMILES string of the molecule is O=S(=O)(Nc1ccncc1Br)c1cccc(CO)c1. The van der Waals surface area contributed by atoms with Crippen LogP contribution in [0.4, 0.5) is 5.69 Å². The highest BCUT2D eigenvalue weighted by atomic mass is 79.9. The summed E-state index contributed by atoms with van der Waals surface area (Å²) in [5.41, 5.74) is 0.945. The third-order valence-corrected chi connectivity index (χ3v) is 4.40. The van der Waals surface area contributed by atoms with Gasteiger partial charge in [-0.2, -0.15) is 0 Å². The van der Waals surface area contributed by atoms with Crippen LogP contribution in [0.2, 0.25) is 0 Å². The Hall–Kier alpha value is -1.44. The van der Waals surface area contributed by atoms with E-state index >= 15 is 0 Å². The Morgan fingerprint density at radius 2 is 2.11 bits per heavy atom. The first-order valence-corrected chi connectivity index (χ1v) is 7.62. The molecule has 7 heteroatoms. The Bertz CT molecular complexity index is 689. The topological polar surface area (TPSA) is 79.3 Å². The molecule has 0 atom stereocenters. The molecule has 0 saturated heterocycles. The number of nitrogens with one attached hydrogen (secondary N) is 1. The lowest BCUT2D eigenvalue weighted by molar-refractivity contribution is 0.281. The van der Waals surface area contributed by atoms with Gasteiger partial charge in [-0.1, -0.05) is 12.1 Å². The Kier molecular flexibility index (Phi) is 4.18. The van der Waals surface area contributed by atoms with Crippen LogP contribution in [0.15, 0.2) is 52.1 Å². The van der Waals surface area contributed by atoms with Gasteiger partial charge in [0.2, 0.25) is 0 Å². The molecule has 0 aliphatic heterocycles. The fraction of sp³-hybridized carbons (Fsp3) is 0.0833. The molecule has 0 spiro atoms. The number of halogens is 1. The molecule has 0 aliphatic rings. The number of nitrogens with zero attached hydrogens (tertiary/aromatic N) is 1. The van der Waals surface area contributed by atoms with Crippen molar-refractivity contribution in [2.45, 2.75) is 11.5 Å². The molecule has 0 fully saturated rings. The van der Waals surface area contributed by atoms with Crippen LogP contribution in [0, 0.1) is 0 Å². The maximum absolute atomic E-state index is 12.2. The van der Waals surface area contributed by atoms with Gasteiger partial charge in [0.1, 0.15) is 0 Å². The van der Waals surface area contributed by atoms with E-state index in [9.17, 15) is 8.42 Å². The van der Waals surface area contributed by atoms with Gasteiger partial charge in [0.05, 0.1) is 21.7 Å². The van der Waals surface area contributed by atoms with E-state index in [4.69, 9.17) is 5.11 Å². The van der Waals surface area contributed by atoms with Crippen molar-refractivity contribution in [3.8, 4) is 0 Å². The van der Waals surface area contributed by atoms with Crippen molar-refractivity contribution < 1.29 is 13.5 Å². The van der Waals surface area contributed by atoms with Gasteiger partial charge in [-0.15, -0.1) is 0 Å². The van der Waals surface area contributed by atoms with E-state index in [-0.39, 0.29) is 11.5 Å². The molecule has 19 heavy (non-hydrogen) atoms. The molecule has 2 N–H and O–H groups in total. The summed E-state index contributed by atoms with van der Waals surface area (Å²) in [6, 6.07) is 7.69. The minimum atomic E-state index is -3.69. The van der Waals surface area contributed by atoms with Crippen LogP contribution < -0.4 is 4.72 Å². The van der Waals surface area contributed by atoms with Crippen LogP contribution in [0.5, 0.6) is 0 Å². The number of benzene rings is 1. The number of rotatable bonds is 4. The predicted octanol–water partition coefficient (Wildman–Crippen LogP) is 2.14. The predicted molar refractivity (Wildman–Crippen MR) is 75.1 cm³/mol. The molecule has 5 nitrogen and oxygen atoms in total. The zero-order valence-electron chi connectivity index (χ0n) is 9.75. The van der Waals surface area contributed by atoms with E-state index in [0.29, 0.717) is 15.7 Å². The number of aliphatic hydroxyl groups excluding tert-OH is 1. The number of aliphatic hydroxyl groups is 1. The number of aromatic nitrogens is 1. The first-order chi connectivity index (χ1) is 9.03. The highest BCUT2D eigenvalue weighted by Crippen LogP contribution is 2.23. The van der Waals surface area contributed by atoms with Crippen molar-refractivity contribution in [3.63, 3.8) is 0 Å². The van der Waals surface area contributed by atoms with Crippen LogP contribution >= 0.6 is 15.9 Å². The second kappa shape index (κ2) is 5.68. The lowest BCUT2D eigenvalue weighted by atomic mass is 10.2. The molecule has 1 aromatic heterocycles. The van der Waals surface area contributed by atoms with Gasteiger partial charge in [-0.3, -0.25) is 9.71 Å².